The number of likely N-dealkylation sites (N-methyl/N-ethyl adjacent to an activating group) is 1. The molecule has 2 aromatic heterocycles. The molecule has 9 nitrogen and oxygen atoms in total. The topological polar surface area (TPSA) is 97.2 Å². The fraction of sp³-hybridized carbons (Fsp3) is 0.556. The van der Waals surface area contributed by atoms with E-state index < -0.39 is 0 Å². The van der Waals surface area contributed by atoms with E-state index in [4.69, 9.17) is 4.74 Å². The molecule has 9 heteroatoms. The Hall–Kier alpha value is -2.68. The summed E-state index contributed by atoms with van der Waals surface area (Å²) < 4.78 is 7.88. The third kappa shape index (κ3) is 3.34. The zero-order valence-corrected chi connectivity index (χ0v) is 16.1. The average Bonchev–Trinajstić information content (AvgIpc) is 3.24. The Morgan fingerprint density at radius 2 is 2.19 bits per heavy atom. The van der Waals surface area contributed by atoms with E-state index in [-0.39, 0.29) is 24.1 Å². The van der Waals surface area contributed by atoms with Crippen LogP contribution in [0.3, 0.4) is 0 Å². The highest BCUT2D eigenvalue weighted by atomic mass is 16.5. The Balaban J connectivity index is 1.45. The van der Waals surface area contributed by atoms with Crippen LogP contribution in [0.1, 0.15) is 24.7 Å². The summed E-state index contributed by atoms with van der Waals surface area (Å²) in [7, 11) is 1.87. The molecule has 0 bridgehead atoms. The van der Waals surface area contributed by atoms with Gasteiger partial charge in [0.1, 0.15) is 11.7 Å². The van der Waals surface area contributed by atoms with Crippen LogP contribution in [0.15, 0.2) is 12.3 Å². The van der Waals surface area contributed by atoms with Gasteiger partial charge < -0.3 is 20.3 Å². The number of aryl methyl sites for hydroxylation is 2. The van der Waals surface area contributed by atoms with Gasteiger partial charge in [0.25, 0.3) is 0 Å². The number of nitrogens with one attached hydrogen (secondary N) is 2. The van der Waals surface area contributed by atoms with Crippen LogP contribution in [-0.4, -0.2) is 57.5 Å². The van der Waals surface area contributed by atoms with Gasteiger partial charge in [0.2, 0.25) is 11.9 Å². The number of aromatic nitrogens is 4. The Labute approximate surface area is 158 Å². The molecule has 0 saturated carbocycles. The van der Waals surface area contributed by atoms with Crippen LogP contribution >= 0.6 is 0 Å². The smallest absolute Gasteiger partial charge is 0.246 e. The Morgan fingerprint density at radius 3 is 2.93 bits per heavy atom. The lowest BCUT2D eigenvalue weighted by molar-refractivity contribution is -0.117. The summed E-state index contributed by atoms with van der Waals surface area (Å²) in [6.07, 6.45) is 2.78. The molecule has 144 valence electrons. The number of hydrogen-bond donors (Lipinski definition) is 2. The van der Waals surface area contributed by atoms with Crippen molar-refractivity contribution in [1.29, 1.82) is 0 Å². The number of carbonyl (C=O) groups excluding carboxylic acids is 1. The molecule has 1 amide bonds. The molecule has 0 spiro atoms. The number of hydrogen-bond acceptors (Lipinski definition) is 7. The normalized spacial score (nSPS) is 24.7. The second kappa shape index (κ2) is 6.80. The molecule has 2 unspecified atom stereocenters. The van der Waals surface area contributed by atoms with Crippen molar-refractivity contribution in [1.82, 2.24) is 19.7 Å². The predicted octanol–water partition coefficient (Wildman–Crippen LogP) is 1.34. The van der Waals surface area contributed by atoms with Crippen LogP contribution in [-0.2, 0) is 16.1 Å². The Morgan fingerprint density at radius 1 is 1.37 bits per heavy atom. The minimum absolute atomic E-state index is 0.0432. The third-order valence-corrected chi connectivity index (χ3v) is 5.33. The molecule has 0 radical (unpaired) electrons. The fourth-order valence-corrected chi connectivity index (χ4v) is 3.51. The average molecular weight is 371 g/mol. The summed E-state index contributed by atoms with van der Waals surface area (Å²) in [5.74, 6) is 1.25. The van der Waals surface area contributed by atoms with E-state index >= 15 is 0 Å². The second-order valence-electron chi connectivity index (χ2n) is 7.29. The molecule has 4 rings (SSSR count). The molecular weight excluding hydrogens is 346 g/mol. The first kappa shape index (κ1) is 17.7. The lowest BCUT2D eigenvalue weighted by Gasteiger charge is -2.32. The van der Waals surface area contributed by atoms with Crippen molar-refractivity contribution in [3.05, 3.63) is 23.7 Å². The minimum Gasteiger partial charge on any atom is -0.374 e. The summed E-state index contributed by atoms with van der Waals surface area (Å²) in [5, 5.41) is 10.6. The summed E-state index contributed by atoms with van der Waals surface area (Å²) in [6.45, 7) is 7.12. The monoisotopic (exact) mass is 371 g/mol. The van der Waals surface area contributed by atoms with Crippen molar-refractivity contribution in [3.8, 4) is 0 Å². The molecule has 2 aromatic rings. The second-order valence-corrected chi connectivity index (χ2v) is 7.29. The first-order chi connectivity index (χ1) is 12.9. The maximum absolute atomic E-state index is 12.0. The summed E-state index contributed by atoms with van der Waals surface area (Å²) in [5.41, 5.74) is 2.56. The molecule has 2 aliphatic rings. The van der Waals surface area contributed by atoms with Gasteiger partial charge in [-0.15, -0.1) is 0 Å². The van der Waals surface area contributed by atoms with Gasteiger partial charge >= 0.3 is 0 Å². The molecule has 2 N–H and O–H groups in total. The van der Waals surface area contributed by atoms with Crippen LogP contribution in [0.25, 0.3) is 0 Å². The van der Waals surface area contributed by atoms with E-state index in [1.54, 1.807) is 6.20 Å². The van der Waals surface area contributed by atoms with Gasteiger partial charge in [-0.05, 0) is 33.3 Å². The summed E-state index contributed by atoms with van der Waals surface area (Å²) in [6, 6.07) is 1.87. The highest BCUT2D eigenvalue weighted by molar-refractivity contribution is 6.03. The van der Waals surface area contributed by atoms with Gasteiger partial charge in [-0.2, -0.15) is 10.1 Å². The van der Waals surface area contributed by atoms with Gasteiger partial charge in [0, 0.05) is 18.9 Å². The van der Waals surface area contributed by atoms with Gasteiger partial charge in [-0.25, -0.2) is 4.98 Å². The van der Waals surface area contributed by atoms with E-state index in [1.165, 1.54) is 0 Å². The van der Waals surface area contributed by atoms with Gasteiger partial charge in [-0.3, -0.25) is 9.48 Å². The first-order valence-corrected chi connectivity index (χ1v) is 9.21. The van der Waals surface area contributed by atoms with Crippen LogP contribution < -0.4 is 15.5 Å². The number of carbonyl (C=O) groups is 1. The lowest BCUT2D eigenvalue weighted by atomic mass is 10.1. The van der Waals surface area contributed by atoms with E-state index in [1.807, 2.05) is 43.5 Å². The van der Waals surface area contributed by atoms with Crippen LogP contribution in [0.5, 0.6) is 0 Å². The fourth-order valence-electron chi connectivity index (χ4n) is 3.51. The largest absolute Gasteiger partial charge is 0.374 e. The van der Waals surface area contributed by atoms with Gasteiger partial charge in [0.15, 0.2) is 5.82 Å². The molecular formula is C18H25N7O2. The van der Waals surface area contributed by atoms with Gasteiger partial charge in [0.05, 0.1) is 31.0 Å². The molecule has 0 aliphatic carbocycles. The Bertz CT molecular complexity index is 865. The molecule has 0 aromatic carbocycles. The number of amides is 1. The summed E-state index contributed by atoms with van der Waals surface area (Å²) >= 11 is 0. The number of anilines is 3. The number of ether oxygens (including phenoxy) is 1. The number of fused-ring (bicyclic) bond motifs is 1. The molecule has 1 saturated heterocycles. The van der Waals surface area contributed by atoms with Crippen molar-refractivity contribution in [2.75, 3.05) is 29.2 Å². The number of nitrogens with zero attached hydrogens (tertiary/aromatic N) is 5. The maximum Gasteiger partial charge on any atom is 0.246 e. The zero-order valence-electron chi connectivity index (χ0n) is 16.1. The van der Waals surface area contributed by atoms with Crippen LogP contribution in [0, 0.1) is 13.8 Å². The van der Waals surface area contributed by atoms with Crippen molar-refractivity contribution < 1.29 is 9.53 Å². The molecule has 3 atom stereocenters. The molecule has 4 heterocycles. The standard InChI is InChI=1S/C18H25N7O2/c1-10-5-6-19-25(10)8-14-7-13(9-27-14)21-18-20-11(2)15-16(23-18)24(4)12(3)17(26)22-15/h5-6,12-14H,7-9H2,1-4H3,(H,22,26)(H,20,21,23)/t12-,13?,14?/m0/s1. The van der Waals surface area contributed by atoms with Crippen LogP contribution in [0.4, 0.5) is 17.5 Å². The van der Waals surface area contributed by atoms with Crippen molar-refractivity contribution in [2.24, 2.45) is 0 Å². The highest BCUT2D eigenvalue weighted by Crippen LogP contribution is 2.32. The predicted molar refractivity (Wildman–Crippen MR) is 102 cm³/mol. The van der Waals surface area contributed by atoms with E-state index in [0.717, 1.165) is 30.2 Å². The van der Waals surface area contributed by atoms with Crippen molar-refractivity contribution in [3.63, 3.8) is 0 Å². The molecule has 2 aliphatic heterocycles. The SMILES string of the molecule is Cc1nc(NC2COC(Cn3nccc3C)C2)nc2c1NC(=O)[C@H](C)N2C. The quantitative estimate of drug-likeness (QED) is 0.837. The van der Waals surface area contributed by atoms with E-state index in [2.05, 4.69) is 25.7 Å². The molecule has 1 fully saturated rings. The van der Waals surface area contributed by atoms with Crippen LogP contribution in [0.2, 0.25) is 0 Å². The van der Waals surface area contributed by atoms with E-state index in [9.17, 15) is 4.79 Å². The number of rotatable bonds is 4. The minimum atomic E-state index is -0.267. The van der Waals surface area contributed by atoms with Crippen molar-refractivity contribution in [2.45, 2.75) is 51.9 Å². The maximum atomic E-state index is 12.0. The Kier molecular flexibility index (Phi) is 4.47. The summed E-state index contributed by atoms with van der Waals surface area (Å²) in [4.78, 5) is 23.1. The third-order valence-electron chi connectivity index (χ3n) is 5.33. The lowest BCUT2D eigenvalue weighted by Crippen LogP contribution is -2.45. The first-order valence-electron chi connectivity index (χ1n) is 9.21. The van der Waals surface area contributed by atoms with Gasteiger partial charge in [-0.1, -0.05) is 0 Å². The zero-order chi connectivity index (χ0) is 19.1. The molecule has 27 heavy (non-hydrogen) atoms. The van der Waals surface area contributed by atoms with E-state index in [0.29, 0.717) is 18.2 Å². The van der Waals surface area contributed by atoms with Crippen molar-refractivity contribution >= 4 is 23.4 Å². The highest BCUT2D eigenvalue weighted by Gasteiger charge is 2.31.